The quantitative estimate of drug-likeness (QED) is 0.472. The first-order valence-corrected chi connectivity index (χ1v) is 13.8. The summed E-state index contributed by atoms with van der Waals surface area (Å²) in [7, 11) is 5.81. The van der Waals surface area contributed by atoms with Crippen molar-refractivity contribution in [3.63, 3.8) is 0 Å². The van der Waals surface area contributed by atoms with Gasteiger partial charge in [0.25, 0.3) is 5.91 Å². The van der Waals surface area contributed by atoms with Crippen molar-refractivity contribution in [2.24, 2.45) is 18.4 Å². The van der Waals surface area contributed by atoms with Gasteiger partial charge in [-0.05, 0) is 43.7 Å². The lowest BCUT2D eigenvalue weighted by molar-refractivity contribution is -0.917. The van der Waals surface area contributed by atoms with Crippen LogP contribution in [-0.4, -0.2) is 64.6 Å². The number of nitrogens with one attached hydrogen (secondary N) is 2. The summed E-state index contributed by atoms with van der Waals surface area (Å²) in [5, 5.41) is 13.7. The van der Waals surface area contributed by atoms with Crippen LogP contribution in [0.25, 0.3) is 10.9 Å². The van der Waals surface area contributed by atoms with Crippen LogP contribution in [-0.2, 0) is 33.4 Å². The highest BCUT2D eigenvalue weighted by Crippen LogP contribution is 2.39. The number of quaternary nitrogens is 1. The minimum atomic E-state index is -1.01. The van der Waals surface area contributed by atoms with E-state index in [9.17, 15) is 19.5 Å². The Hall–Kier alpha value is -3.13. The van der Waals surface area contributed by atoms with Crippen LogP contribution >= 0.6 is 0 Å². The second-order valence-electron chi connectivity index (χ2n) is 13.2. The summed E-state index contributed by atoms with van der Waals surface area (Å²) in [5.41, 5.74) is 2.71. The highest BCUT2D eigenvalue weighted by molar-refractivity contribution is 5.93. The van der Waals surface area contributed by atoms with Gasteiger partial charge in [0.15, 0.2) is 6.04 Å². The summed E-state index contributed by atoms with van der Waals surface area (Å²) in [4.78, 5) is 42.2. The molecule has 0 spiro atoms. The Kier molecular flexibility index (Phi) is 8.42. The van der Waals surface area contributed by atoms with Crippen molar-refractivity contribution in [3.8, 4) is 0 Å². The SMILES string of the molecule is CC(=CC(C(C)C)N(C)C(=O)C(NC(=O)C1[NH+](C)Cc2c(c3ccccc3n2C)C1(C)C)C(C)(C)C)C(=O)O. The van der Waals surface area contributed by atoms with Crippen molar-refractivity contribution in [1.29, 1.82) is 0 Å². The van der Waals surface area contributed by atoms with Gasteiger partial charge in [-0.15, -0.1) is 0 Å². The van der Waals surface area contributed by atoms with Crippen molar-refractivity contribution in [3.05, 3.63) is 47.2 Å². The largest absolute Gasteiger partial charge is 0.478 e. The van der Waals surface area contributed by atoms with E-state index < -0.39 is 34.9 Å². The number of carboxylic acid groups (broad SMARTS) is 1. The average Bonchev–Trinajstić information content (AvgIpc) is 3.11. The molecule has 8 nitrogen and oxygen atoms in total. The number of aliphatic carboxylic acids is 1. The molecule has 1 aromatic carbocycles. The molecule has 2 aromatic rings. The number of carbonyl (C=O) groups is 3. The zero-order valence-electron chi connectivity index (χ0n) is 25.5. The van der Waals surface area contributed by atoms with Crippen LogP contribution in [0.4, 0.5) is 0 Å². The first-order chi connectivity index (χ1) is 17.9. The smallest absolute Gasteiger partial charge is 0.331 e. The van der Waals surface area contributed by atoms with E-state index in [0.29, 0.717) is 6.54 Å². The number of aryl methyl sites for hydroxylation is 1. The molecule has 4 unspecified atom stereocenters. The van der Waals surface area contributed by atoms with Crippen LogP contribution < -0.4 is 10.2 Å². The Balaban J connectivity index is 1.98. The average molecular weight is 540 g/mol. The third kappa shape index (κ3) is 5.62. The van der Waals surface area contributed by atoms with Crippen LogP contribution in [0.3, 0.4) is 0 Å². The summed E-state index contributed by atoms with van der Waals surface area (Å²) >= 11 is 0. The normalized spacial score (nSPS) is 20.9. The number of fused-ring (bicyclic) bond motifs is 3. The molecule has 4 atom stereocenters. The maximum Gasteiger partial charge on any atom is 0.331 e. The fraction of sp³-hybridized carbons (Fsp3) is 0.581. The Morgan fingerprint density at radius 1 is 1.21 bits per heavy atom. The van der Waals surface area contributed by atoms with Gasteiger partial charge in [-0.3, -0.25) is 9.59 Å². The van der Waals surface area contributed by atoms with Gasteiger partial charge in [0.05, 0.1) is 24.2 Å². The molecule has 1 aliphatic rings. The molecule has 1 aromatic heterocycles. The number of benzene rings is 1. The number of amides is 2. The predicted octanol–water partition coefficient (Wildman–Crippen LogP) is 2.90. The van der Waals surface area contributed by atoms with Gasteiger partial charge in [0.2, 0.25) is 5.91 Å². The van der Waals surface area contributed by atoms with Gasteiger partial charge in [-0.1, -0.05) is 58.9 Å². The van der Waals surface area contributed by atoms with Gasteiger partial charge in [0, 0.05) is 30.6 Å². The van der Waals surface area contributed by atoms with E-state index in [1.165, 1.54) is 18.2 Å². The molecule has 0 saturated carbocycles. The molecular formula is C31H47N4O4+. The number of nitrogens with zero attached hydrogens (tertiary/aromatic N) is 2. The monoisotopic (exact) mass is 539 g/mol. The molecule has 1 aliphatic heterocycles. The van der Waals surface area contributed by atoms with Crippen molar-refractivity contribution in [2.45, 2.75) is 85.5 Å². The molecule has 0 bridgehead atoms. The second-order valence-corrected chi connectivity index (χ2v) is 13.2. The molecule has 8 heteroatoms. The molecule has 2 heterocycles. The summed E-state index contributed by atoms with van der Waals surface area (Å²) < 4.78 is 2.24. The van der Waals surface area contributed by atoms with Crippen LogP contribution in [0, 0.1) is 11.3 Å². The summed E-state index contributed by atoms with van der Waals surface area (Å²) in [5.74, 6) is -1.42. The lowest BCUT2D eigenvalue weighted by Gasteiger charge is -2.43. The predicted molar refractivity (Wildman–Crippen MR) is 154 cm³/mol. The molecule has 3 N–H and O–H groups in total. The fourth-order valence-corrected chi connectivity index (χ4v) is 6.35. The number of likely N-dealkylation sites (N-methyl/N-ethyl adjacent to an activating group) is 2. The maximum atomic E-state index is 14.1. The third-order valence-electron chi connectivity index (χ3n) is 8.43. The van der Waals surface area contributed by atoms with E-state index in [2.05, 4.69) is 42.9 Å². The summed E-state index contributed by atoms with van der Waals surface area (Å²) in [6, 6.07) is 6.70. The Morgan fingerprint density at radius 2 is 1.79 bits per heavy atom. The highest BCUT2D eigenvalue weighted by atomic mass is 16.4. The third-order valence-corrected chi connectivity index (χ3v) is 8.43. The number of carboxylic acids is 1. The first kappa shape index (κ1) is 30.4. The van der Waals surface area contributed by atoms with Gasteiger partial charge in [0.1, 0.15) is 12.6 Å². The van der Waals surface area contributed by atoms with E-state index >= 15 is 0 Å². The Bertz CT molecular complexity index is 1300. The first-order valence-electron chi connectivity index (χ1n) is 13.8. The molecule has 0 aliphatic carbocycles. The van der Waals surface area contributed by atoms with Gasteiger partial charge >= 0.3 is 5.97 Å². The van der Waals surface area contributed by atoms with Gasteiger partial charge in [-0.25, -0.2) is 4.79 Å². The number of rotatable bonds is 7. The number of hydrogen-bond acceptors (Lipinski definition) is 3. The zero-order chi connectivity index (χ0) is 29.6. The van der Waals surface area contributed by atoms with Crippen LogP contribution in [0.2, 0.25) is 0 Å². The molecule has 0 fully saturated rings. The molecule has 0 radical (unpaired) electrons. The summed E-state index contributed by atoms with van der Waals surface area (Å²) in [6.07, 6.45) is 1.62. The highest BCUT2D eigenvalue weighted by Gasteiger charge is 2.51. The van der Waals surface area contributed by atoms with Crippen molar-refractivity contribution >= 4 is 28.7 Å². The van der Waals surface area contributed by atoms with E-state index in [1.54, 1.807) is 18.0 Å². The molecular weight excluding hydrogens is 492 g/mol. The van der Waals surface area contributed by atoms with E-state index in [-0.39, 0.29) is 23.3 Å². The van der Waals surface area contributed by atoms with Gasteiger partial charge < -0.3 is 24.8 Å². The Labute approximate surface area is 233 Å². The van der Waals surface area contributed by atoms with E-state index in [0.717, 1.165) is 15.8 Å². The van der Waals surface area contributed by atoms with Crippen LogP contribution in [0.15, 0.2) is 35.9 Å². The summed E-state index contributed by atoms with van der Waals surface area (Å²) in [6.45, 7) is 16.2. The second kappa shape index (κ2) is 10.8. The molecule has 39 heavy (non-hydrogen) atoms. The van der Waals surface area contributed by atoms with E-state index in [1.807, 2.05) is 53.8 Å². The molecule has 214 valence electrons. The number of carbonyl (C=O) groups excluding carboxylic acids is 2. The van der Waals surface area contributed by atoms with Crippen molar-refractivity contribution in [2.75, 3.05) is 14.1 Å². The topological polar surface area (TPSA) is 96.1 Å². The van der Waals surface area contributed by atoms with Crippen LogP contribution in [0.1, 0.15) is 66.6 Å². The Morgan fingerprint density at radius 3 is 2.33 bits per heavy atom. The lowest BCUT2D eigenvalue weighted by Crippen LogP contribution is -3.16. The fourth-order valence-electron chi connectivity index (χ4n) is 6.35. The number of aromatic nitrogens is 1. The van der Waals surface area contributed by atoms with Crippen molar-refractivity contribution in [1.82, 2.24) is 14.8 Å². The van der Waals surface area contributed by atoms with Gasteiger partial charge in [-0.2, -0.15) is 0 Å². The number of hydrogen-bond donors (Lipinski definition) is 3. The molecule has 2 amide bonds. The molecule has 3 rings (SSSR count). The maximum absolute atomic E-state index is 14.1. The molecule has 0 saturated heterocycles. The minimum absolute atomic E-state index is 0.0118. The van der Waals surface area contributed by atoms with E-state index in [4.69, 9.17) is 0 Å². The lowest BCUT2D eigenvalue weighted by atomic mass is 9.72. The van der Waals surface area contributed by atoms with Crippen LogP contribution in [0.5, 0.6) is 0 Å². The zero-order valence-corrected chi connectivity index (χ0v) is 25.5. The van der Waals surface area contributed by atoms with Crippen molar-refractivity contribution < 1.29 is 24.4 Å². The number of para-hydroxylation sites is 1. The minimum Gasteiger partial charge on any atom is -0.478 e. The standard InChI is InChI=1S/C31H46N4O4/c1-18(2)22(16-19(3)29(38)39)35(11)28(37)25(30(4,5)6)32-27(36)26-31(7,8)24-20-14-12-13-15-21(20)34(10)23(24)17-33(26)9/h12-16,18,22,25-26H,17H2,1-11H3,(H,32,36)(H,38,39)/p+1.